The smallest absolute Gasteiger partial charge is 0.397 e. The van der Waals surface area contributed by atoms with E-state index in [-0.39, 0.29) is 0 Å². The lowest BCUT2D eigenvalue weighted by atomic mass is 9.94. The van der Waals surface area contributed by atoms with Gasteiger partial charge in [0.15, 0.2) is 31.5 Å². The van der Waals surface area contributed by atoms with Gasteiger partial charge in [-0.1, -0.05) is 0 Å². The van der Waals surface area contributed by atoms with Gasteiger partial charge in [-0.05, 0) is 6.92 Å². The number of carboxylic acids is 1. The Labute approximate surface area is 397 Å². The van der Waals surface area contributed by atoms with Crippen LogP contribution >= 0.6 is 0 Å². The number of hydrogen-bond donors (Lipinski definition) is 15. The van der Waals surface area contributed by atoms with Crippen LogP contribution in [-0.2, 0) is 81.1 Å². The second-order valence-corrected chi connectivity index (χ2v) is 18.0. The summed E-state index contributed by atoms with van der Waals surface area (Å²) in [6.07, 6.45) is -42.1. The minimum absolute atomic E-state index is 0.757. The summed E-state index contributed by atoms with van der Waals surface area (Å²) in [6, 6.07) is -3.19. The van der Waals surface area contributed by atoms with Crippen molar-refractivity contribution < 1.29 is 145 Å². The van der Waals surface area contributed by atoms with Crippen LogP contribution in [0.3, 0.4) is 0 Å². The summed E-state index contributed by atoms with van der Waals surface area (Å²) in [4.78, 5) is 36.7. The highest BCUT2D eigenvalue weighted by atomic mass is 32.3. The molecule has 0 aromatic heterocycles. The van der Waals surface area contributed by atoms with Gasteiger partial charge < -0.3 is 124 Å². The first-order chi connectivity index (χ1) is 32.8. The Morgan fingerprint density at radius 2 is 1.00 bits per heavy atom. The molecule has 33 heteroatoms. The normalized spacial score (nSPS) is 44.9. The molecule has 32 nitrogen and oxygen atoms in total. The van der Waals surface area contributed by atoms with Crippen LogP contribution in [0, 0.1) is 0 Å². The molecule has 5 aliphatic heterocycles. The number of aliphatic carboxylic acids is 1. The number of hydrogen-bond acceptors (Lipinski definition) is 28. The maximum absolute atomic E-state index is 12.9. The zero-order chi connectivity index (χ0) is 52.1. The lowest BCUT2D eigenvalue weighted by Gasteiger charge is -2.50. The molecular weight excluding hydrogens is 984 g/mol. The van der Waals surface area contributed by atoms with Crippen LogP contribution in [0.5, 0.6) is 0 Å². The molecule has 0 aliphatic carbocycles. The number of carboxylic acid groups (broad SMARTS) is 1. The summed E-state index contributed by atoms with van der Waals surface area (Å²) in [5, 5.41) is 132. The van der Waals surface area contributed by atoms with Crippen LogP contribution in [0.15, 0.2) is 0 Å². The van der Waals surface area contributed by atoms with Crippen molar-refractivity contribution in [3.05, 3.63) is 0 Å². The molecule has 0 unspecified atom stereocenters. The fourth-order valence-corrected chi connectivity index (χ4v) is 8.65. The van der Waals surface area contributed by atoms with Crippen molar-refractivity contribution in [2.24, 2.45) is 0 Å². The zero-order valence-electron chi connectivity index (χ0n) is 37.6. The fraction of sp³-hybridized carbons (Fsp3) is 0.919. The van der Waals surface area contributed by atoms with Crippen LogP contribution in [0.4, 0.5) is 0 Å². The third-order valence-corrected chi connectivity index (χ3v) is 12.3. The van der Waals surface area contributed by atoms with Gasteiger partial charge in [0.2, 0.25) is 11.8 Å². The Balaban J connectivity index is 1.47. The van der Waals surface area contributed by atoms with Crippen LogP contribution in [0.1, 0.15) is 20.8 Å². The monoisotopic (exact) mass is 1050 g/mol. The molecule has 5 fully saturated rings. The second-order valence-electron chi connectivity index (χ2n) is 16.9. The topological polar surface area (TPSA) is 483 Å². The summed E-state index contributed by atoms with van der Waals surface area (Å²) in [6.45, 7) is -1.59. The van der Waals surface area contributed by atoms with E-state index in [1.807, 2.05) is 0 Å². The number of rotatable bonds is 20. The highest BCUT2D eigenvalue weighted by Crippen LogP contribution is 2.36. The molecule has 0 radical (unpaired) electrons. The molecule has 406 valence electrons. The first-order valence-corrected chi connectivity index (χ1v) is 22.9. The molecular formula is C37H62N2O30S. The molecule has 0 aromatic carbocycles. The molecule has 0 spiro atoms. The summed E-state index contributed by atoms with van der Waals surface area (Å²) in [5.74, 6) is -3.14. The molecule has 0 bridgehead atoms. The number of aliphatic hydroxyl groups is 11. The third-order valence-electron chi connectivity index (χ3n) is 11.8. The van der Waals surface area contributed by atoms with Gasteiger partial charge in [0, 0.05) is 21.0 Å². The van der Waals surface area contributed by atoms with E-state index in [1.54, 1.807) is 0 Å². The van der Waals surface area contributed by atoms with E-state index in [0.717, 1.165) is 21.0 Å². The van der Waals surface area contributed by atoms with E-state index in [9.17, 15) is 84.1 Å². The minimum atomic E-state index is -5.17. The second kappa shape index (κ2) is 25.1. The predicted molar refractivity (Wildman–Crippen MR) is 215 cm³/mol. The van der Waals surface area contributed by atoms with Crippen molar-refractivity contribution in [2.75, 3.05) is 40.1 Å². The number of carbonyl (C=O) groups excluding carboxylic acids is 2. The van der Waals surface area contributed by atoms with Crippen molar-refractivity contribution in [1.82, 2.24) is 10.6 Å². The highest BCUT2D eigenvalue weighted by molar-refractivity contribution is 7.80. The number of aliphatic hydroxyl groups excluding tert-OH is 11. The van der Waals surface area contributed by atoms with Gasteiger partial charge in [-0.25, -0.2) is 8.98 Å². The van der Waals surface area contributed by atoms with Crippen LogP contribution in [0.2, 0.25) is 0 Å². The molecule has 0 saturated carbocycles. The molecule has 15 N–H and O–H groups in total. The molecule has 25 atom stereocenters. The van der Waals surface area contributed by atoms with E-state index in [4.69, 9.17) is 56.7 Å². The average molecular weight is 1050 g/mol. The summed E-state index contributed by atoms with van der Waals surface area (Å²) < 4.78 is 99.7. The summed E-state index contributed by atoms with van der Waals surface area (Å²) in [7, 11) is -4.07. The first-order valence-electron chi connectivity index (χ1n) is 21.5. The SMILES string of the molecule is CO[C@H]1O[C@H](CO[C@@H]2O[C@H](CO)[C@@H](O[C@@H]3O[C@H](CO)[C@H](O)[C@H](O)[C@H]3O)[C@H](O[C@@H]3O[C@@H](C)[C@@H](O)[C@@H](O)[C@@H]3O)[C@H]2NC(C)=O)[C@H](O)[C@H](O[C@@H]2O[C@H](COS(=O)(=O)O)[C@H](O)[C@H](OCC(=O)O)[C@H]2O)[C@H]1NC(C)=O. The van der Waals surface area contributed by atoms with Crippen molar-refractivity contribution in [2.45, 2.75) is 174 Å². The summed E-state index contributed by atoms with van der Waals surface area (Å²) in [5.41, 5.74) is 0. The van der Waals surface area contributed by atoms with Gasteiger partial charge in [-0.15, -0.1) is 0 Å². The van der Waals surface area contributed by atoms with E-state index in [2.05, 4.69) is 14.8 Å². The Morgan fingerprint density at radius 1 is 0.529 bits per heavy atom. The Kier molecular flexibility index (Phi) is 20.9. The van der Waals surface area contributed by atoms with E-state index in [0.29, 0.717) is 0 Å². The maximum atomic E-state index is 12.9. The van der Waals surface area contributed by atoms with Gasteiger partial charge >= 0.3 is 16.4 Å². The van der Waals surface area contributed by atoms with E-state index >= 15 is 0 Å². The lowest BCUT2D eigenvalue weighted by molar-refractivity contribution is -0.376. The molecule has 5 aliphatic rings. The zero-order valence-corrected chi connectivity index (χ0v) is 38.4. The minimum Gasteiger partial charge on any atom is -0.480 e. The molecule has 2 amide bonds. The van der Waals surface area contributed by atoms with E-state index in [1.165, 1.54) is 6.92 Å². The van der Waals surface area contributed by atoms with Gasteiger partial charge in [0.25, 0.3) is 0 Å². The average Bonchev–Trinajstić information content (AvgIpc) is 3.29. The van der Waals surface area contributed by atoms with Crippen molar-refractivity contribution in [3.63, 3.8) is 0 Å². The Morgan fingerprint density at radius 3 is 1.56 bits per heavy atom. The molecule has 5 saturated heterocycles. The first kappa shape index (κ1) is 58.3. The number of carbonyl (C=O) groups is 3. The predicted octanol–water partition coefficient (Wildman–Crippen LogP) is -10.0. The number of amides is 2. The molecule has 0 aromatic rings. The third kappa shape index (κ3) is 14.0. The Hall–Kier alpha value is -2.60. The number of methoxy groups -OCH3 is 1. The van der Waals surface area contributed by atoms with Crippen LogP contribution in [0.25, 0.3) is 0 Å². The van der Waals surface area contributed by atoms with Crippen LogP contribution < -0.4 is 10.6 Å². The van der Waals surface area contributed by atoms with Gasteiger partial charge in [0.05, 0.1) is 32.5 Å². The summed E-state index contributed by atoms with van der Waals surface area (Å²) >= 11 is 0. The fourth-order valence-electron chi connectivity index (χ4n) is 8.34. The van der Waals surface area contributed by atoms with Crippen LogP contribution in [-0.4, -0.2) is 286 Å². The van der Waals surface area contributed by atoms with Crippen molar-refractivity contribution in [1.29, 1.82) is 0 Å². The molecule has 5 heterocycles. The van der Waals surface area contributed by atoms with Gasteiger partial charge in [-0.3, -0.25) is 14.1 Å². The molecule has 5 rings (SSSR count). The number of ether oxygens (including phenoxy) is 11. The quantitative estimate of drug-likeness (QED) is 0.0504. The number of nitrogens with one attached hydrogen (secondary N) is 2. The largest absolute Gasteiger partial charge is 0.480 e. The lowest BCUT2D eigenvalue weighted by Crippen LogP contribution is -2.70. The maximum Gasteiger partial charge on any atom is 0.397 e. The Bertz CT molecular complexity index is 1820. The van der Waals surface area contributed by atoms with Gasteiger partial charge in [0.1, 0.15) is 122 Å². The van der Waals surface area contributed by atoms with E-state index < -0.39 is 215 Å². The standard InChI is InChI=1S/C37H62N2O30S/c1-10-20(46)24(50)26(52)35(62-10)69-31-19(39-12(3)43)34(64-14(6-41)29(31)67-36-27(53)25(51)21(47)13(5-40)63-36)60-7-15-22(48)30(18(38-11(2)42)33(58-4)65-15)68-37-28(54)32(59-9-17(44)45)23(49)16(66-37)8-61-70(55,56)57/h10,13-16,18-37,40-41,46-54H,5-9H2,1-4H3,(H,38,42)(H,39,43)(H,44,45)(H,55,56,57)/t10-,13+,14+,15+,16+,18+,19+,20+,21-,22-,23-,24+,25-,26-,27+,28+,29+,30+,31+,32-,33-,34+,35-,36-,37-/m0/s1. The highest BCUT2D eigenvalue weighted by Gasteiger charge is 2.57. The van der Waals surface area contributed by atoms with Crippen molar-refractivity contribution >= 4 is 28.2 Å². The molecule has 70 heavy (non-hydrogen) atoms. The van der Waals surface area contributed by atoms with Crippen molar-refractivity contribution in [3.8, 4) is 0 Å². The van der Waals surface area contributed by atoms with Gasteiger partial charge in [-0.2, -0.15) is 8.42 Å².